The maximum Gasteiger partial charge on any atom is 0.192 e. The minimum Gasteiger partial charge on any atom is -0.409 e. The lowest BCUT2D eigenvalue weighted by Crippen LogP contribution is -2.42. The molecule has 4 atom stereocenters. The van der Waals surface area contributed by atoms with Crippen molar-refractivity contribution in [3.05, 3.63) is 28.0 Å². The molecular formula is C23H39ClN2OSi. The van der Waals surface area contributed by atoms with Crippen molar-refractivity contribution in [1.82, 2.24) is 10.3 Å². The summed E-state index contributed by atoms with van der Waals surface area (Å²) in [6, 6.07) is 6.20. The molecule has 3 nitrogen and oxygen atoms in total. The molecule has 2 unspecified atom stereocenters. The lowest BCUT2D eigenvalue weighted by atomic mass is 9.97. The fourth-order valence-electron chi connectivity index (χ4n) is 5.64. The van der Waals surface area contributed by atoms with Gasteiger partial charge in [0.1, 0.15) is 5.15 Å². The van der Waals surface area contributed by atoms with Gasteiger partial charge in [-0.1, -0.05) is 46.2 Å². The Bertz CT molecular complexity index is 659. The molecule has 2 saturated carbocycles. The van der Waals surface area contributed by atoms with E-state index in [2.05, 4.69) is 57.9 Å². The summed E-state index contributed by atoms with van der Waals surface area (Å²) in [5.74, 6) is 1.82. The number of halogens is 1. The molecule has 0 saturated heterocycles. The summed E-state index contributed by atoms with van der Waals surface area (Å²) < 4.78 is 6.96. The molecule has 0 amide bonds. The Labute approximate surface area is 178 Å². The highest BCUT2D eigenvalue weighted by Gasteiger charge is 2.61. The van der Waals surface area contributed by atoms with Gasteiger partial charge in [-0.05, 0) is 73.7 Å². The van der Waals surface area contributed by atoms with Crippen LogP contribution in [0.3, 0.4) is 0 Å². The second-order valence-corrected chi connectivity index (χ2v) is 14.8. The molecule has 1 aromatic rings. The molecule has 0 bridgehead atoms. The summed E-state index contributed by atoms with van der Waals surface area (Å²) in [5.41, 5.74) is 3.84. The third-order valence-electron chi connectivity index (χ3n) is 7.95. The molecule has 1 aromatic heterocycles. The van der Waals surface area contributed by atoms with E-state index in [0.29, 0.717) is 16.6 Å². The number of aromatic nitrogens is 1. The summed E-state index contributed by atoms with van der Waals surface area (Å²) >= 11 is 6.65. The van der Waals surface area contributed by atoms with E-state index in [1.807, 2.05) is 6.92 Å². The number of nitrogens with zero attached hydrogens (tertiary/aromatic N) is 1. The fourth-order valence-corrected chi connectivity index (χ4v) is 8.84. The van der Waals surface area contributed by atoms with E-state index < -0.39 is 8.32 Å². The number of fused-ring (bicyclic) bond motifs is 1. The van der Waals surface area contributed by atoms with Crippen molar-refractivity contribution in [1.29, 1.82) is 0 Å². The van der Waals surface area contributed by atoms with Gasteiger partial charge >= 0.3 is 0 Å². The zero-order chi connectivity index (χ0) is 20.7. The minimum absolute atomic E-state index is 0.00273. The predicted octanol–water partition coefficient (Wildman–Crippen LogP) is 6.44. The highest BCUT2D eigenvalue weighted by molar-refractivity contribution is 6.73. The number of hydrogen-bond donors (Lipinski definition) is 1. The van der Waals surface area contributed by atoms with Gasteiger partial charge in [-0.2, -0.15) is 0 Å². The molecule has 158 valence electrons. The molecule has 3 rings (SSSR count). The van der Waals surface area contributed by atoms with Crippen molar-refractivity contribution >= 4 is 19.9 Å². The molecule has 0 radical (unpaired) electrons. The third-order valence-corrected chi connectivity index (χ3v) is 12.9. The first-order valence-electron chi connectivity index (χ1n) is 11.2. The van der Waals surface area contributed by atoms with Crippen LogP contribution >= 0.6 is 11.6 Å². The number of nitrogens with one attached hydrogen (secondary N) is 1. The largest absolute Gasteiger partial charge is 0.409 e. The van der Waals surface area contributed by atoms with Crippen molar-refractivity contribution in [2.75, 3.05) is 6.54 Å². The molecule has 1 heterocycles. The Morgan fingerprint density at radius 1 is 1.18 bits per heavy atom. The van der Waals surface area contributed by atoms with Crippen LogP contribution in [0.5, 0.6) is 0 Å². The van der Waals surface area contributed by atoms with Gasteiger partial charge in [0.05, 0.1) is 6.10 Å². The van der Waals surface area contributed by atoms with Crippen LogP contribution < -0.4 is 5.32 Å². The third kappa shape index (κ3) is 4.21. The Hall–Kier alpha value is -0.423. The van der Waals surface area contributed by atoms with E-state index in [-0.39, 0.29) is 6.10 Å². The van der Waals surface area contributed by atoms with Crippen molar-refractivity contribution in [3.8, 4) is 0 Å². The average Bonchev–Trinajstić information content (AvgIpc) is 2.99. The first-order chi connectivity index (χ1) is 13.2. The lowest BCUT2D eigenvalue weighted by Gasteiger charge is -2.35. The van der Waals surface area contributed by atoms with Gasteiger partial charge in [-0.15, -0.1) is 0 Å². The van der Waals surface area contributed by atoms with E-state index in [9.17, 15) is 0 Å². The van der Waals surface area contributed by atoms with Crippen LogP contribution in [0, 0.1) is 31.1 Å². The van der Waals surface area contributed by atoms with Crippen molar-refractivity contribution in [2.45, 2.75) is 91.6 Å². The highest BCUT2D eigenvalue weighted by Crippen LogP contribution is 2.66. The summed E-state index contributed by atoms with van der Waals surface area (Å²) in [4.78, 5) is 4.55. The van der Waals surface area contributed by atoms with Crippen molar-refractivity contribution in [2.24, 2.45) is 17.3 Å². The van der Waals surface area contributed by atoms with Gasteiger partial charge in [0, 0.05) is 23.8 Å². The number of aryl methyl sites for hydroxylation is 2. The second kappa shape index (κ2) is 8.37. The monoisotopic (exact) mass is 422 g/mol. The summed E-state index contributed by atoms with van der Waals surface area (Å²) in [6.45, 7) is 16.7. The van der Waals surface area contributed by atoms with Crippen molar-refractivity contribution in [3.63, 3.8) is 0 Å². The van der Waals surface area contributed by atoms with Crippen LogP contribution in [0.4, 0.5) is 0 Å². The van der Waals surface area contributed by atoms with E-state index in [1.165, 1.54) is 18.4 Å². The van der Waals surface area contributed by atoms with E-state index >= 15 is 0 Å². The predicted molar refractivity (Wildman–Crippen MR) is 122 cm³/mol. The smallest absolute Gasteiger partial charge is 0.192 e. The summed E-state index contributed by atoms with van der Waals surface area (Å²) in [7, 11) is -1.75. The van der Waals surface area contributed by atoms with Crippen LogP contribution in [-0.2, 0) is 4.43 Å². The van der Waals surface area contributed by atoms with Gasteiger partial charge in [0.25, 0.3) is 0 Å². The first kappa shape index (κ1) is 22.3. The normalized spacial score (nSPS) is 26.9. The van der Waals surface area contributed by atoms with Gasteiger partial charge < -0.3 is 9.74 Å². The van der Waals surface area contributed by atoms with Crippen LogP contribution in [0.15, 0.2) is 6.07 Å². The molecule has 0 spiro atoms. The van der Waals surface area contributed by atoms with E-state index in [0.717, 1.165) is 47.8 Å². The molecular weight excluding hydrogens is 384 g/mol. The maximum atomic E-state index is 6.96. The second-order valence-electron chi connectivity index (χ2n) is 9.75. The van der Waals surface area contributed by atoms with Crippen LogP contribution in [-0.4, -0.2) is 25.9 Å². The molecule has 2 aliphatic carbocycles. The van der Waals surface area contributed by atoms with Gasteiger partial charge in [0.2, 0.25) is 0 Å². The van der Waals surface area contributed by atoms with Crippen LogP contribution in [0.25, 0.3) is 0 Å². The van der Waals surface area contributed by atoms with Gasteiger partial charge in [0.15, 0.2) is 8.32 Å². The number of pyridine rings is 1. The molecule has 2 aliphatic rings. The number of hydrogen-bond acceptors (Lipinski definition) is 3. The van der Waals surface area contributed by atoms with Crippen LogP contribution in [0.1, 0.15) is 70.4 Å². The zero-order valence-electron chi connectivity index (χ0n) is 18.9. The molecule has 0 aromatic carbocycles. The standard InChI is InChI=1S/C23H39ClN2OSi/c1-8-28(9-2,10-3)27-20(21-15(4)11-16(5)26-22(21)24)14-25-17-12-18-19(13-17)23(18,6)7/h11,17-20,25H,8-10,12-14H2,1-7H3/t17?,18-,19+,20?. The molecule has 28 heavy (non-hydrogen) atoms. The Balaban J connectivity index is 1.77. The fraction of sp³-hybridized carbons (Fsp3) is 0.783. The zero-order valence-corrected chi connectivity index (χ0v) is 20.6. The Morgan fingerprint density at radius 2 is 1.75 bits per heavy atom. The molecule has 0 aliphatic heterocycles. The first-order valence-corrected chi connectivity index (χ1v) is 14.1. The molecule has 5 heteroatoms. The maximum absolute atomic E-state index is 6.96. The quantitative estimate of drug-likeness (QED) is 0.367. The lowest BCUT2D eigenvalue weighted by molar-refractivity contribution is 0.178. The molecule has 1 N–H and O–H groups in total. The van der Waals surface area contributed by atoms with Crippen molar-refractivity contribution < 1.29 is 4.43 Å². The molecule has 2 fully saturated rings. The van der Waals surface area contributed by atoms with Gasteiger partial charge in [-0.25, -0.2) is 4.98 Å². The summed E-state index contributed by atoms with van der Waals surface area (Å²) in [5, 5.41) is 4.47. The number of rotatable bonds is 9. The minimum atomic E-state index is -1.75. The SMILES string of the molecule is CC[Si](CC)(CC)OC(CNC1C[C@@H]2[C@H](C1)C2(C)C)c1c(C)cc(C)nc1Cl. The Kier molecular flexibility index (Phi) is 6.66. The van der Waals surface area contributed by atoms with E-state index in [1.54, 1.807) is 0 Å². The van der Waals surface area contributed by atoms with Gasteiger partial charge in [-0.3, -0.25) is 0 Å². The average molecular weight is 423 g/mol. The highest BCUT2D eigenvalue weighted by atomic mass is 35.5. The van der Waals surface area contributed by atoms with Crippen LogP contribution in [0.2, 0.25) is 23.3 Å². The van der Waals surface area contributed by atoms with E-state index in [4.69, 9.17) is 16.0 Å². The summed E-state index contributed by atoms with van der Waals surface area (Å²) in [6.07, 6.45) is 2.61. The topological polar surface area (TPSA) is 34.1 Å². The Morgan fingerprint density at radius 3 is 2.25 bits per heavy atom.